The molecule has 1 fully saturated rings. The maximum absolute atomic E-state index is 13.4. The summed E-state index contributed by atoms with van der Waals surface area (Å²) in [6.45, 7) is 0.473. The van der Waals surface area contributed by atoms with E-state index >= 15 is 0 Å². The van der Waals surface area contributed by atoms with E-state index in [1.165, 1.54) is 0 Å². The van der Waals surface area contributed by atoms with Crippen molar-refractivity contribution in [3.8, 4) is 23.0 Å². The van der Waals surface area contributed by atoms with Crippen LogP contribution in [0.4, 0.5) is 5.69 Å². The van der Waals surface area contributed by atoms with E-state index in [-0.39, 0.29) is 31.1 Å². The van der Waals surface area contributed by atoms with Crippen molar-refractivity contribution in [2.24, 2.45) is 5.92 Å². The van der Waals surface area contributed by atoms with Gasteiger partial charge in [-0.15, -0.1) is 0 Å². The molecule has 5 rings (SSSR count). The van der Waals surface area contributed by atoms with Gasteiger partial charge in [0.1, 0.15) is 11.5 Å². The molecule has 3 aromatic rings. The summed E-state index contributed by atoms with van der Waals surface area (Å²) >= 11 is 0. The Morgan fingerprint density at radius 2 is 1.64 bits per heavy atom. The fraction of sp³-hybridized carbons (Fsp3) is 0.286. The Labute approximate surface area is 209 Å². The number of hydrogen-bond donors (Lipinski definition) is 1. The molecule has 2 unspecified atom stereocenters. The molecular weight excluding hydrogens is 460 g/mol. The number of ether oxygens (including phenoxy) is 4. The van der Waals surface area contributed by atoms with Gasteiger partial charge in [-0.05, 0) is 53.9 Å². The molecule has 2 aliphatic rings. The molecule has 0 bridgehead atoms. The van der Waals surface area contributed by atoms with Gasteiger partial charge in [0.2, 0.25) is 18.6 Å². The molecular formula is C28H28N2O6. The molecule has 0 aliphatic carbocycles. The van der Waals surface area contributed by atoms with E-state index in [0.717, 1.165) is 22.6 Å². The number of methoxy groups -OCH3 is 2. The Hall–Kier alpha value is -4.20. The average molecular weight is 489 g/mol. The quantitative estimate of drug-likeness (QED) is 0.518. The molecule has 8 nitrogen and oxygen atoms in total. The largest absolute Gasteiger partial charge is 0.497 e. The fourth-order valence-corrected chi connectivity index (χ4v) is 4.56. The Balaban J connectivity index is 1.32. The van der Waals surface area contributed by atoms with E-state index in [9.17, 15) is 9.59 Å². The second kappa shape index (κ2) is 10.2. The van der Waals surface area contributed by atoms with Crippen LogP contribution in [0.5, 0.6) is 23.0 Å². The molecule has 0 spiro atoms. The lowest BCUT2D eigenvalue weighted by molar-refractivity contribution is -0.127. The number of nitrogens with one attached hydrogen (secondary N) is 1. The molecule has 2 heterocycles. The highest BCUT2D eigenvalue weighted by Gasteiger charge is 2.36. The molecule has 2 atom stereocenters. The number of benzene rings is 3. The zero-order chi connectivity index (χ0) is 25.1. The second-order valence-corrected chi connectivity index (χ2v) is 8.83. The summed E-state index contributed by atoms with van der Waals surface area (Å²) < 4.78 is 21.4. The van der Waals surface area contributed by atoms with Crippen LogP contribution in [0, 0.1) is 5.92 Å². The minimum absolute atomic E-state index is 0.0924. The normalized spacial score (nSPS) is 17.1. The number of amides is 2. The first-order valence-corrected chi connectivity index (χ1v) is 11.8. The van der Waals surface area contributed by atoms with Crippen LogP contribution in [-0.4, -0.2) is 39.4 Å². The number of nitrogens with zero attached hydrogens (tertiary/aromatic N) is 1. The summed E-state index contributed by atoms with van der Waals surface area (Å²) in [4.78, 5) is 27.8. The predicted molar refractivity (Wildman–Crippen MR) is 134 cm³/mol. The molecule has 0 saturated carbocycles. The molecule has 0 radical (unpaired) electrons. The summed E-state index contributed by atoms with van der Waals surface area (Å²) in [5.74, 6) is 2.07. The minimum Gasteiger partial charge on any atom is -0.497 e. The number of carbonyl (C=O) groups excluding carboxylic acids is 2. The van der Waals surface area contributed by atoms with Gasteiger partial charge in [-0.2, -0.15) is 0 Å². The number of fused-ring (bicyclic) bond motifs is 1. The molecule has 1 N–H and O–H groups in total. The number of anilines is 1. The van der Waals surface area contributed by atoms with E-state index in [4.69, 9.17) is 18.9 Å². The second-order valence-electron chi connectivity index (χ2n) is 8.83. The van der Waals surface area contributed by atoms with Crippen LogP contribution in [0.25, 0.3) is 0 Å². The lowest BCUT2D eigenvalue weighted by Gasteiger charge is -2.22. The third kappa shape index (κ3) is 4.93. The topological polar surface area (TPSA) is 86.3 Å². The minimum atomic E-state index is -0.459. The van der Waals surface area contributed by atoms with Crippen LogP contribution in [0.1, 0.15) is 23.6 Å². The van der Waals surface area contributed by atoms with Gasteiger partial charge < -0.3 is 29.2 Å². The molecule has 1 saturated heterocycles. The average Bonchev–Trinajstić information content (AvgIpc) is 3.54. The highest BCUT2D eigenvalue weighted by atomic mass is 16.7. The Kier molecular flexibility index (Phi) is 6.66. The first kappa shape index (κ1) is 23.5. The Bertz CT molecular complexity index is 1240. The van der Waals surface area contributed by atoms with E-state index in [1.807, 2.05) is 54.6 Å². The fourth-order valence-electron chi connectivity index (χ4n) is 4.56. The smallest absolute Gasteiger partial charge is 0.231 e. The monoisotopic (exact) mass is 488 g/mol. The van der Waals surface area contributed by atoms with Crippen LogP contribution in [0.2, 0.25) is 0 Å². The first-order chi connectivity index (χ1) is 17.5. The van der Waals surface area contributed by atoms with Gasteiger partial charge in [0, 0.05) is 24.7 Å². The van der Waals surface area contributed by atoms with Crippen LogP contribution in [0.15, 0.2) is 66.7 Å². The zero-order valence-corrected chi connectivity index (χ0v) is 20.2. The van der Waals surface area contributed by atoms with Crippen molar-refractivity contribution in [2.45, 2.75) is 18.9 Å². The zero-order valence-electron chi connectivity index (χ0n) is 20.2. The third-order valence-electron chi connectivity index (χ3n) is 6.60. The van der Waals surface area contributed by atoms with Crippen molar-refractivity contribution >= 4 is 17.5 Å². The molecule has 0 aromatic heterocycles. The van der Waals surface area contributed by atoms with E-state index in [1.54, 1.807) is 31.3 Å². The Morgan fingerprint density at radius 1 is 0.972 bits per heavy atom. The van der Waals surface area contributed by atoms with Crippen molar-refractivity contribution in [2.75, 3.05) is 32.5 Å². The highest BCUT2D eigenvalue weighted by Crippen LogP contribution is 2.37. The van der Waals surface area contributed by atoms with Crippen molar-refractivity contribution in [3.05, 3.63) is 77.9 Å². The first-order valence-electron chi connectivity index (χ1n) is 11.8. The number of hydrogen-bond acceptors (Lipinski definition) is 6. The summed E-state index contributed by atoms with van der Waals surface area (Å²) in [5.41, 5.74) is 2.71. The van der Waals surface area contributed by atoms with Gasteiger partial charge in [0.25, 0.3) is 0 Å². The van der Waals surface area contributed by atoms with Gasteiger partial charge in [0.15, 0.2) is 11.5 Å². The number of carbonyl (C=O) groups is 2. The van der Waals surface area contributed by atoms with Gasteiger partial charge in [0.05, 0.1) is 26.2 Å². The van der Waals surface area contributed by atoms with E-state index in [2.05, 4.69) is 5.32 Å². The number of rotatable bonds is 8. The molecule has 186 valence electrons. The van der Waals surface area contributed by atoms with Crippen LogP contribution in [-0.2, 0) is 16.0 Å². The summed E-state index contributed by atoms with van der Waals surface area (Å²) in [5, 5.41) is 3.19. The maximum Gasteiger partial charge on any atom is 0.231 e. The van der Waals surface area contributed by atoms with E-state index in [0.29, 0.717) is 30.2 Å². The van der Waals surface area contributed by atoms with E-state index < -0.39 is 5.92 Å². The maximum atomic E-state index is 13.4. The summed E-state index contributed by atoms with van der Waals surface area (Å²) in [6.07, 6.45) is 0.743. The van der Waals surface area contributed by atoms with Gasteiger partial charge >= 0.3 is 0 Å². The molecule has 2 amide bonds. The van der Waals surface area contributed by atoms with Gasteiger partial charge in [-0.1, -0.05) is 24.3 Å². The van der Waals surface area contributed by atoms with Gasteiger partial charge in [-0.3, -0.25) is 9.59 Å². The third-order valence-corrected chi connectivity index (χ3v) is 6.60. The van der Waals surface area contributed by atoms with Crippen LogP contribution >= 0.6 is 0 Å². The summed E-state index contributed by atoms with van der Waals surface area (Å²) in [7, 11) is 3.25. The van der Waals surface area contributed by atoms with Crippen molar-refractivity contribution in [1.82, 2.24) is 5.32 Å². The van der Waals surface area contributed by atoms with Crippen molar-refractivity contribution in [1.29, 1.82) is 0 Å². The summed E-state index contributed by atoms with van der Waals surface area (Å²) in [6, 6.07) is 20.6. The van der Waals surface area contributed by atoms with Crippen LogP contribution in [0.3, 0.4) is 0 Å². The SMILES string of the molecule is COc1ccc(CC(NC(=O)C2CC(=O)N(c3ccc4c(c3)OCO4)C2)c2ccc(OC)cc2)cc1. The molecule has 8 heteroatoms. The highest BCUT2D eigenvalue weighted by molar-refractivity contribution is 6.00. The molecule has 36 heavy (non-hydrogen) atoms. The lowest BCUT2D eigenvalue weighted by atomic mass is 9.97. The van der Waals surface area contributed by atoms with Crippen molar-refractivity contribution in [3.63, 3.8) is 0 Å². The Morgan fingerprint density at radius 3 is 2.33 bits per heavy atom. The molecule has 3 aromatic carbocycles. The molecule has 2 aliphatic heterocycles. The lowest BCUT2D eigenvalue weighted by Crippen LogP contribution is -2.36. The predicted octanol–water partition coefficient (Wildman–Crippen LogP) is 3.89. The van der Waals surface area contributed by atoms with Gasteiger partial charge in [-0.25, -0.2) is 0 Å². The standard InChI is InChI=1S/C28H28N2O6/c1-33-22-8-3-18(4-9-22)13-24(19-5-10-23(34-2)11-6-19)29-28(32)20-14-27(31)30(16-20)21-7-12-25-26(15-21)36-17-35-25/h3-12,15,20,24H,13-14,16-17H2,1-2H3,(H,29,32). The van der Waals surface area contributed by atoms with Crippen LogP contribution < -0.4 is 29.2 Å². The van der Waals surface area contributed by atoms with Crippen molar-refractivity contribution < 1.29 is 28.5 Å².